The van der Waals surface area contributed by atoms with Crippen molar-refractivity contribution in [3.8, 4) is 6.07 Å². The smallest absolute Gasteiger partial charge is 0.321 e. The van der Waals surface area contributed by atoms with Gasteiger partial charge in [-0.05, 0) is 20.8 Å². The first-order valence-corrected chi connectivity index (χ1v) is 5.90. The number of amides is 2. The van der Waals surface area contributed by atoms with E-state index < -0.39 is 0 Å². The van der Waals surface area contributed by atoms with Crippen molar-refractivity contribution in [2.45, 2.75) is 39.3 Å². The normalized spacial score (nSPS) is 12.0. The van der Waals surface area contributed by atoms with E-state index in [4.69, 9.17) is 5.26 Å². The zero-order valence-corrected chi connectivity index (χ0v) is 11.2. The fraction of sp³-hybridized carbons (Fsp3) is 0.583. The summed E-state index contributed by atoms with van der Waals surface area (Å²) in [5, 5.41) is 15.5. The summed E-state index contributed by atoms with van der Waals surface area (Å²) in [4.78, 5) is 13.4. The van der Waals surface area contributed by atoms with Gasteiger partial charge in [0.2, 0.25) is 0 Å². The molecule has 0 radical (unpaired) electrons. The molecule has 0 saturated carbocycles. The molecule has 0 spiro atoms. The van der Waals surface area contributed by atoms with Gasteiger partial charge in [-0.15, -0.1) is 0 Å². The summed E-state index contributed by atoms with van der Waals surface area (Å²) < 4.78 is 1.77. The van der Waals surface area contributed by atoms with E-state index in [-0.39, 0.29) is 18.1 Å². The molecule has 1 atom stereocenters. The molecular weight excluding hydrogens is 230 g/mol. The summed E-state index contributed by atoms with van der Waals surface area (Å²) in [5.41, 5.74) is 0.657. The molecule has 6 nitrogen and oxygen atoms in total. The summed E-state index contributed by atoms with van der Waals surface area (Å²) in [6, 6.07) is 1.95. The van der Waals surface area contributed by atoms with Crippen LogP contribution in [0.2, 0.25) is 0 Å². The molecule has 0 saturated heterocycles. The van der Waals surface area contributed by atoms with Crippen LogP contribution < -0.4 is 5.32 Å². The van der Waals surface area contributed by atoms with E-state index in [1.54, 1.807) is 24.1 Å². The second kappa shape index (κ2) is 6.05. The maximum Gasteiger partial charge on any atom is 0.321 e. The highest BCUT2D eigenvalue weighted by Gasteiger charge is 2.16. The molecule has 0 fully saturated rings. The summed E-state index contributed by atoms with van der Waals surface area (Å²) in [5.74, 6) is 0. The van der Waals surface area contributed by atoms with Crippen molar-refractivity contribution in [2.24, 2.45) is 0 Å². The fourth-order valence-electron chi connectivity index (χ4n) is 1.37. The van der Waals surface area contributed by atoms with E-state index in [9.17, 15) is 4.79 Å². The average Bonchev–Trinajstić information content (AvgIpc) is 2.77. The highest BCUT2D eigenvalue weighted by molar-refractivity contribution is 5.89. The molecule has 0 bridgehead atoms. The Bertz CT molecular complexity index is 446. The van der Waals surface area contributed by atoms with E-state index in [2.05, 4.69) is 10.4 Å². The quantitative estimate of drug-likeness (QED) is 0.889. The van der Waals surface area contributed by atoms with Gasteiger partial charge >= 0.3 is 6.03 Å². The minimum absolute atomic E-state index is 0.116. The topological polar surface area (TPSA) is 74.0 Å². The van der Waals surface area contributed by atoms with Crippen LogP contribution in [0.4, 0.5) is 10.5 Å². The van der Waals surface area contributed by atoms with Crippen molar-refractivity contribution in [3.63, 3.8) is 0 Å². The van der Waals surface area contributed by atoms with Gasteiger partial charge in [-0.25, -0.2) is 4.79 Å². The van der Waals surface area contributed by atoms with E-state index in [0.29, 0.717) is 12.1 Å². The first kappa shape index (κ1) is 14.0. The minimum Gasteiger partial charge on any atom is -0.324 e. The lowest BCUT2D eigenvalue weighted by molar-refractivity contribution is 0.208. The zero-order valence-electron chi connectivity index (χ0n) is 11.2. The molecule has 1 rings (SSSR count). The molecule has 0 aliphatic carbocycles. The van der Waals surface area contributed by atoms with Crippen LogP contribution >= 0.6 is 0 Å². The van der Waals surface area contributed by atoms with Crippen molar-refractivity contribution < 1.29 is 4.79 Å². The second-order valence-corrected chi connectivity index (χ2v) is 4.56. The molecule has 18 heavy (non-hydrogen) atoms. The Labute approximate surface area is 107 Å². The molecule has 6 heteroatoms. The number of carbonyl (C=O) groups is 1. The van der Waals surface area contributed by atoms with E-state index in [0.717, 1.165) is 0 Å². The lowest BCUT2D eigenvalue weighted by Gasteiger charge is -2.22. The van der Waals surface area contributed by atoms with Crippen LogP contribution in [-0.4, -0.2) is 33.8 Å². The number of nitriles is 1. The lowest BCUT2D eigenvalue weighted by atomic mass is 10.2. The van der Waals surface area contributed by atoms with Gasteiger partial charge in [-0.1, -0.05) is 0 Å². The molecule has 1 aromatic rings. The third-order valence-electron chi connectivity index (χ3n) is 2.75. The molecule has 1 aromatic heterocycles. The number of anilines is 1. The van der Waals surface area contributed by atoms with Gasteiger partial charge in [0.1, 0.15) is 0 Å². The summed E-state index contributed by atoms with van der Waals surface area (Å²) in [6.45, 7) is 5.86. The van der Waals surface area contributed by atoms with Crippen LogP contribution in [0.15, 0.2) is 12.4 Å². The maximum atomic E-state index is 11.9. The zero-order chi connectivity index (χ0) is 13.7. The Kier molecular flexibility index (Phi) is 4.72. The number of nitrogens with zero attached hydrogens (tertiary/aromatic N) is 4. The van der Waals surface area contributed by atoms with Gasteiger partial charge in [0.15, 0.2) is 0 Å². The SMILES string of the molecule is CC(C)n1cc(NC(=O)N(C)[C@@H](C)CC#N)cn1. The van der Waals surface area contributed by atoms with Crippen LogP contribution in [-0.2, 0) is 0 Å². The molecule has 0 aromatic carbocycles. The first-order chi connectivity index (χ1) is 8.45. The van der Waals surface area contributed by atoms with Crippen LogP contribution in [0.3, 0.4) is 0 Å². The Morgan fingerprint density at radius 3 is 2.78 bits per heavy atom. The van der Waals surface area contributed by atoms with Crippen LogP contribution in [0.25, 0.3) is 0 Å². The number of aromatic nitrogens is 2. The average molecular weight is 249 g/mol. The lowest BCUT2D eigenvalue weighted by Crippen LogP contribution is -2.37. The largest absolute Gasteiger partial charge is 0.324 e. The number of urea groups is 1. The third kappa shape index (κ3) is 3.48. The highest BCUT2D eigenvalue weighted by Crippen LogP contribution is 2.11. The predicted octanol–water partition coefficient (Wildman–Crippen LogP) is 2.23. The fourth-order valence-corrected chi connectivity index (χ4v) is 1.37. The van der Waals surface area contributed by atoms with Gasteiger partial charge in [-0.3, -0.25) is 4.68 Å². The van der Waals surface area contributed by atoms with Gasteiger partial charge in [0, 0.05) is 25.3 Å². The molecular formula is C12H19N5O. The van der Waals surface area contributed by atoms with Gasteiger partial charge in [-0.2, -0.15) is 10.4 Å². The van der Waals surface area contributed by atoms with Crippen molar-refractivity contribution >= 4 is 11.7 Å². The van der Waals surface area contributed by atoms with Crippen molar-refractivity contribution in [2.75, 3.05) is 12.4 Å². The van der Waals surface area contributed by atoms with Crippen molar-refractivity contribution in [3.05, 3.63) is 12.4 Å². The number of nitrogens with one attached hydrogen (secondary N) is 1. The Hall–Kier alpha value is -2.03. The van der Waals surface area contributed by atoms with E-state index >= 15 is 0 Å². The Balaban J connectivity index is 2.61. The number of carbonyl (C=O) groups excluding carboxylic acids is 1. The molecule has 1 N–H and O–H groups in total. The standard InChI is InChI=1S/C12H19N5O/c1-9(2)17-8-11(7-14-17)15-12(18)16(4)10(3)5-6-13/h7-10H,5H2,1-4H3,(H,15,18)/t10-/m0/s1. The van der Waals surface area contributed by atoms with Gasteiger partial charge < -0.3 is 10.2 Å². The maximum absolute atomic E-state index is 11.9. The summed E-state index contributed by atoms with van der Waals surface area (Å²) in [6.07, 6.45) is 3.71. The van der Waals surface area contributed by atoms with E-state index in [1.807, 2.05) is 26.8 Å². The van der Waals surface area contributed by atoms with Crippen molar-refractivity contribution in [1.82, 2.24) is 14.7 Å². The van der Waals surface area contributed by atoms with Crippen LogP contribution in [0, 0.1) is 11.3 Å². The number of rotatable bonds is 4. The van der Waals surface area contributed by atoms with Crippen molar-refractivity contribution in [1.29, 1.82) is 5.26 Å². The first-order valence-electron chi connectivity index (χ1n) is 5.90. The number of hydrogen-bond acceptors (Lipinski definition) is 3. The van der Waals surface area contributed by atoms with Crippen LogP contribution in [0.5, 0.6) is 0 Å². The monoisotopic (exact) mass is 249 g/mol. The Morgan fingerprint density at radius 1 is 1.61 bits per heavy atom. The molecule has 2 amide bonds. The molecule has 98 valence electrons. The second-order valence-electron chi connectivity index (χ2n) is 4.56. The summed E-state index contributed by atoms with van der Waals surface area (Å²) in [7, 11) is 1.67. The highest BCUT2D eigenvalue weighted by atomic mass is 16.2. The van der Waals surface area contributed by atoms with Gasteiger partial charge in [0.05, 0.1) is 24.4 Å². The predicted molar refractivity (Wildman–Crippen MR) is 69.1 cm³/mol. The molecule has 1 heterocycles. The number of hydrogen-bond donors (Lipinski definition) is 1. The summed E-state index contributed by atoms with van der Waals surface area (Å²) >= 11 is 0. The third-order valence-corrected chi connectivity index (χ3v) is 2.75. The molecule has 0 aliphatic heterocycles. The van der Waals surface area contributed by atoms with Crippen LogP contribution in [0.1, 0.15) is 33.2 Å². The molecule has 0 aliphatic rings. The Morgan fingerprint density at radius 2 is 2.28 bits per heavy atom. The van der Waals surface area contributed by atoms with Gasteiger partial charge in [0.25, 0.3) is 0 Å². The minimum atomic E-state index is -0.235. The van der Waals surface area contributed by atoms with E-state index in [1.165, 1.54) is 4.90 Å². The molecule has 0 unspecified atom stereocenters.